The van der Waals surface area contributed by atoms with Gasteiger partial charge in [0.05, 0.1) is 40.6 Å². The van der Waals surface area contributed by atoms with Crippen LogP contribution >= 0.6 is 11.8 Å². The van der Waals surface area contributed by atoms with Crippen LogP contribution in [-0.2, 0) is 19.7 Å². The van der Waals surface area contributed by atoms with Crippen LogP contribution in [0.3, 0.4) is 0 Å². The topological polar surface area (TPSA) is 85.3 Å². The maximum atomic E-state index is 13.7. The number of esters is 2. The maximum absolute atomic E-state index is 13.7. The molecule has 1 aliphatic heterocycles. The van der Waals surface area contributed by atoms with Crippen LogP contribution in [0.15, 0.2) is 82.7 Å². The molecule has 0 unspecified atom stereocenters. The van der Waals surface area contributed by atoms with E-state index in [9.17, 15) is 14.4 Å². The first-order valence-electron chi connectivity index (χ1n) is 13.1. The van der Waals surface area contributed by atoms with Crippen LogP contribution < -0.4 is 4.90 Å². The highest BCUT2D eigenvalue weighted by atomic mass is 32.2. The van der Waals surface area contributed by atoms with Gasteiger partial charge in [0.25, 0.3) is 5.91 Å². The van der Waals surface area contributed by atoms with Crippen molar-refractivity contribution in [3.05, 3.63) is 100.0 Å². The van der Waals surface area contributed by atoms with Gasteiger partial charge in [-0.3, -0.25) is 9.69 Å². The van der Waals surface area contributed by atoms with Gasteiger partial charge in [-0.15, -0.1) is 0 Å². The third kappa shape index (κ3) is 6.69. The summed E-state index contributed by atoms with van der Waals surface area (Å²) in [5, 5.41) is 0.454. The number of hydrogen-bond acceptors (Lipinski definition) is 7. The fraction of sp³-hybridized carbons (Fsp3) is 0.250. The standard InChI is InChI=1S/C32H32N2O5S/c1-6-38-29(36)22-10-16-25(17-11-22)33-31-34(26-18-12-23(13-19-26)30(37)39-7-2)28(35)27(40-31)20-21-8-14-24(15-9-21)32(3,4)5/h8-20H,6-7H2,1-5H3/b27-20+,33-31?. The normalized spacial score (nSPS) is 15.5. The number of nitrogens with zero attached hydrogens (tertiary/aromatic N) is 2. The molecule has 1 saturated heterocycles. The van der Waals surface area contributed by atoms with E-state index in [4.69, 9.17) is 14.5 Å². The van der Waals surface area contributed by atoms with E-state index in [1.807, 2.05) is 18.2 Å². The number of anilines is 1. The van der Waals surface area contributed by atoms with Crippen LogP contribution in [0.2, 0.25) is 0 Å². The second-order valence-corrected chi connectivity index (χ2v) is 11.1. The summed E-state index contributed by atoms with van der Waals surface area (Å²) in [4.78, 5) is 44.6. The quantitative estimate of drug-likeness (QED) is 0.227. The molecule has 7 nitrogen and oxygen atoms in total. The van der Waals surface area contributed by atoms with Gasteiger partial charge in [0.15, 0.2) is 5.17 Å². The molecule has 1 amide bonds. The minimum Gasteiger partial charge on any atom is -0.462 e. The lowest BCUT2D eigenvalue weighted by atomic mass is 9.87. The van der Waals surface area contributed by atoms with Crippen LogP contribution in [0.5, 0.6) is 0 Å². The van der Waals surface area contributed by atoms with Crippen LogP contribution in [0, 0.1) is 0 Å². The SMILES string of the molecule is CCOC(=O)c1ccc(N=C2S/C(=C/c3ccc(C(C)(C)C)cc3)C(=O)N2c2ccc(C(=O)OCC)cc2)cc1. The Morgan fingerprint density at radius 3 is 1.85 bits per heavy atom. The fourth-order valence-corrected chi connectivity index (χ4v) is 4.97. The van der Waals surface area contributed by atoms with Crippen molar-refractivity contribution >= 4 is 52.2 Å². The lowest BCUT2D eigenvalue weighted by Gasteiger charge is -2.18. The van der Waals surface area contributed by atoms with Crippen LogP contribution in [0.25, 0.3) is 6.08 Å². The largest absolute Gasteiger partial charge is 0.462 e. The maximum Gasteiger partial charge on any atom is 0.338 e. The Hall–Kier alpha value is -4.17. The molecule has 3 aromatic rings. The van der Waals surface area contributed by atoms with Gasteiger partial charge in [0, 0.05) is 0 Å². The van der Waals surface area contributed by atoms with E-state index < -0.39 is 11.9 Å². The number of carbonyl (C=O) groups excluding carboxylic acids is 3. The first kappa shape index (κ1) is 28.8. The minimum absolute atomic E-state index is 0.0266. The van der Waals surface area contributed by atoms with Crippen molar-refractivity contribution in [1.82, 2.24) is 0 Å². The third-order valence-corrected chi connectivity index (χ3v) is 7.09. The summed E-state index contributed by atoms with van der Waals surface area (Å²) in [5.41, 5.74) is 4.10. The summed E-state index contributed by atoms with van der Waals surface area (Å²) < 4.78 is 10.1. The van der Waals surface area contributed by atoms with Crippen molar-refractivity contribution < 1.29 is 23.9 Å². The van der Waals surface area contributed by atoms with Crippen molar-refractivity contribution in [2.45, 2.75) is 40.0 Å². The van der Waals surface area contributed by atoms with Crippen molar-refractivity contribution in [3.8, 4) is 0 Å². The molecule has 0 aromatic heterocycles. The van der Waals surface area contributed by atoms with E-state index in [0.29, 0.717) is 39.2 Å². The predicted octanol–water partition coefficient (Wildman–Crippen LogP) is 7.15. The van der Waals surface area contributed by atoms with Crippen molar-refractivity contribution in [3.63, 3.8) is 0 Å². The van der Waals surface area contributed by atoms with E-state index in [1.165, 1.54) is 22.2 Å². The zero-order valence-corrected chi connectivity index (χ0v) is 24.1. The first-order valence-corrected chi connectivity index (χ1v) is 13.9. The van der Waals surface area contributed by atoms with E-state index in [1.54, 1.807) is 62.4 Å². The third-order valence-electron chi connectivity index (χ3n) is 6.12. The van der Waals surface area contributed by atoms with Gasteiger partial charge in [-0.1, -0.05) is 45.0 Å². The molecule has 0 radical (unpaired) electrons. The molecule has 3 aromatic carbocycles. The number of benzene rings is 3. The Morgan fingerprint density at radius 1 is 0.825 bits per heavy atom. The summed E-state index contributed by atoms with van der Waals surface area (Å²) in [7, 11) is 0. The van der Waals surface area contributed by atoms with Crippen LogP contribution in [-0.4, -0.2) is 36.2 Å². The highest BCUT2D eigenvalue weighted by Gasteiger charge is 2.35. The number of aliphatic imine (C=N–C) groups is 1. The van der Waals surface area contributed by atoms with Gasteiger partial charge < -0.3 is 9.47 Å². The Balaban J connectivity index is 1.69. The number of amides is 1. The molecular weight excluding hydrogens is 524 g/mol. The fourth-order valence-electron chi connectivity index (χ4n) is 3.97. The summed E-state index contributed by atoms with van der Waals surface area (Å²) in [5.74, 6) is -1.06. The molecule has 0 saturated carbocycles. The number of amidine groups is 1. The van der Waals surface area contributed by atoms with Gasteiger partial charge in [-0.25, -0.2) is 14.6 Å². The lowest BCUT2D eigenvalue weighted by Crippen LogP contribution is -2.28. The first-order chi connectivity index (χ1) is 19.1. The number of hydrogen-bond donors (Lipinski definition) is 0. The molecule has 1 aliphatic rings. The van der Waals surface area contributed by atoms with Crippen molar-refractivity contribution in [2.24, 2.45) is 4.99 Å². The highest BCUT2D eigenvalue weighted by molar-refractivity contribution is 8.19. The van der Waals surface area contributed by atoms with E-state index >= 15 is 0 Å². The number of carbonyl (C=O) groups is 3. The second kappa shape index (κ2) is 12.3. The zero-order valence-electron chi connectivity index (χ0n) is 23.3. The summed E-state index contributed by atoms with van der Waals surface area (Å²) in [6.45, 7) is 10.5. The Morgan fingerprint density at radius 2 is 1.35 bits per heavy atom. The molecule has 0 spiro atoms. The molecular formula is C32H32N2O5S. The molecule has 0 aliphatic carbocycles. The van der Waals surface area contributed by atoms with Crippen molar-refractivity contribution in [2.75, 3.05) is 18.1 Å². The van der Waals surface area contributed by atoms with Gasteiger partial charge in [0.2, 0.25) is 0 Å². The van der Waals surface area contributed by atoms with E-state index in [-0.39, 0.29) is 17.9 Å². The summed E-state index contributed by atoms with van der Waals surface area (Å²) >= 11 is 1.26. The smallest absolute Gasteiger partial charge is 0.338 e. The highest BCUT2D eigenvalue weighted by Crippen LogP contribution is 2.37. The van der Waals surface area contributed by atoms with Gasteiger partial charge in [-0.2, -0.15) is 0 Å². The monoisotopic (exact) mass is 556 g/mol. The molecule has 0 bridgehead atoms. The molecule has 40 heavy (non-hydrogen) atoms. The number of thioether (sulfide) groups is 1. The van der Waals surface area contributed by atoms with Crippen LogP contribution in [0.1, 0.15) is 66.5 Å². The number of rotatable bonds is 7. The summed E-state index contributed by atoms with van der Waals surface area (Å²) in [6, 6.07) is 21.5. The molecule has 1 heterocycles. The van der Waals surface area contributed by atoms with Gasteiger partial charge >= 0.3 is 11.9 Å². The van der Waals surface area contributed by atoms with Crippen LogP contribution in [0.4, 0.5) is 11.4 Å². The van der Waals surface area contributed by atoms with Crippen molar-refractivity contribution in [1.29, 1.82) is 0 Å². The van der Waals surface area contributed by atoms with E-state index in [0.717, 1.165) is 5.56 Å². The number of ether oxygens (including phenoxy) is 2. The van der Waals surface area contributed by atoms with Gasteiger partial charge in [0.1, 0.15) is 0 Å². The predicted molar refractivity (Wildman–Crippen MR) is 160 cm³/mol. The average Bonchev–Trinajstić information content (AvgIpc) is 3.23. The molecule has 4 rings (SSSR count). The minimum atomic E-state index is -0.425. The van der Waals surface area contributed by atoms with Gasteiger partial charge in [-0.05, 0) is 96.8 Å². The second-order valence-electron chi connectivity index (χ2n) is 10.1. The Kier molecular flexibility index (Phi) is 8.90. The molecule has 1 fully saturated rings. The molecule has 0 atom stereocenters. The molecule has 8 heteroatoms. The Bertz CT molecular complexity index is 1450. The average molecular weight is 557 g/mol. The zero-order chi connectivity index (χ0) is 28.9. The van der Waals surface area contributed by atoms with E-state index in [2.05, 4.69) is 32.9 Å². The molecule has 206 valence electrons. The Labute approximate surface area is 238 Å². The summed E-state index contributed by atoms with van der Waals surface area (Å²) in [6.07, 6.45) is 1.85. The molecule has 0 N–H and O–H groups in total. The lowest BCUT2D eigenvalue weighted by molar-refractivity contribution is -0.113.